The molecule has 1 aromatic rings. The predicted molar refractivity (Wildman–Crippen MR) is 216 cm³/mol. The molecule has 0 spiro atoms. The minimum atomic E-state index is -4.44. The number of nitrogens with zero attached hydrogens (tertiary/aromatic N) is 1. The maximum Gasteiger partial charge on any atom is 0.356 e. The highest BCUT2D eigenvalue weighted by molar-refractivity contribution is 7.85. The van der Waals surface area contributed by atoms with Crippen LogP contribution in [0.15, 0.2) is 0 Å². The lowest BCUT2D eigenvalue weighted by Gasteiger charge is -2.41. The van der Waals surface area contributed by atoms with E-state index in [1.807, 2.05) is 41.7 Å². The topological polar surface area (TPSA) is 119 Å². The van der Waals surface area contributed by atoms with Crippen LogP contribution in [0.5, 0.6) is 11.5 Å². The van der Waals surface area contributed by atoms with E-state index in [0.29, 0.717) is 48.5 Å². The van der Waals surface area contributed by atoms with Crippen LogP contribution in [0.3, 0.4) is 0 Å². The predicted octanol–water partition coefficient (Wildman–Crippen LogP) is 9.51. The molecule has 312 valence electrons. The first-order valence-corrected chi connectivity index (χ1v) is 23.1. The summed E-state index contributed by atoms with van der Waals surface area (Å²) in [5.41, 5.74) is 0.256. The molecule has 3 fully saturated rings. The van der Waals surface area contributed by atoms with Gasteiger partial charge in [0.25, 0.3) is 0 Å². The summed E-state index contributed by atoms with van der Waals surface area (Å²) in [6, 6.07) is -0.364. The molecule has 10 heteroatoms. The van der Waals surface area contributed by atoms with Crippen molar-refractivity contribution in [2.45, 2.75) is 189 Å². The van der Waals surface area contributed by atoms with Gasteiger partial charge in [-0.15, -0.1) is 0 Å². The van der Waals surface area contributed by atoms with Crippen molar-refractivity contribution >= 4 is 22.1 Å². The normalized spacial score (nSPS) is 30.9. The summed E-state index contributed by atoms with van der Waals surface area (Å²) in [6.07, 6.45) is 15.0. The van der Waals surface area contributed by atoms with Crippen LogP contribution < -0.4 is 9.47 Å². The number of carbonyl (C=O) groups excluding carboxylic acids is 2. The fourth-order valence-corrected chi connectivity index (χ4v) is 11.6. The van der Waals surface area contributed by atoms with Crippen LogP contribution in [-0.4, -0.2) is 66.0 Å². The van der Waals surface area contributed by atoms with Gasteiger partial charge in [-0.1, -0.05) is 86.5 Å². The Bertz CT molecular complexity index is 1700. The number of likely N-dealkylation sites (tertiary alicyclic amines) is 1. The fraction of sp³-hybridized carbons (Fsp3) is 0.822. The van der Waals surface area contributed by atoms with E-state index < -0.39 is 38.3 Å². The average molecular weight is 788 g/mol. The number of hydrogen-bond donors (Lipinski definition) is 0. The zero-order chi connectivity index (χ0) is 40.8. The molecular formula is C45H73NO8S. The third-order valence-electron chi connectivity index (χ3n) is 15.3. The van der Waals surface area contributed by atoms with Crippen LogP contribution in [0.25, 0.3) is 0 Å². The maximum atomic E-state index is 14.4. The molecule has 3 heterocycles. The molecule has 2 saturated heterocycles. The molecule has 1 aromatic carbocycles. The monoisotopic (exact) mass is 788 g/mol. The summed E-state index contributed by atoms with van der Waals surface area (Å²) in [6.45, 7) is 22.4. The molecule has 1 saturated carbocycles. The quantitative estimate of drug-likeness (QED) is 0.0625. The summed E-state index contributed by atoms with van der Waals surface area (Å²) in [7, 11) is -2.43. The van der Waals surface area contributed by atoms with Crippen LogP contribution in [0.4, 0.5) is 0 Å². The Balaban J connectivity index is 1.36. The van der Waals surface area contributed by atoms with E-state index in [9.17, 15) is 22.6 Å². The number of benzene rings is 1. The first-order chi connectivity index (χ1) is 25.5. The lowest BCUT2D eigenvalue weighted by Crippen LogP contribution is -2.51. The van der Waals surface area contributed by atoms with Crippen molar-refractivity contribution in [1.82, 2.24) is 0 Å². The first kappa shape index (κ1) is 43.9. The third kappa shape index (κ3) is 8.81. The second-order valence-electron chi connectivity index (χ2n) is 20.2. The van der Waals surface area contributed by atoms with Gasteiger partial charge in [-0.3, -0.25) is 4.79 Å². The summed E-state index contributed by atoms with van der Waals surface area (Å²) >= 11 is 0. The lowest BCUT2D eigenvalue weighted by atomic mass is 9.66. The van der Waals surface area contributed by atoms with Gasteiger partial charge in [-0.2, -0.15) is 0 Å². The Labute approximate surface area is 333 Å². The van der Waals surface area contributed by atoms with E-state index >= 15 is 0 Å². The first-order valence-electron chi connectivity index (χ1n) is 21.5. The molecule has 0 aromatic heterocycles. The van der Waals surface area contributed by atoms with Gasteiger partial charge in [-0.25, -0.2) is 13.2 Å². The summed E-state index contributed by atoms with van der Waals surface area (Å²) < 4.78 is 56.0. The number of rotatable bonds is 18. The highest BCUT2D eigenvalue weighted by atomic mass is 32.2. The molecule has 1 unspecified atom stereocenters. The number of quaternary nitrogens is 1. The standard InChI is InChI=1S/C45H73NO8S/c1-30(2)16-12-17-31(3)18-13-19-32(4)20-14-23-43(9)24-22-36-37(28-46(11)27-15-21-35(46)29-55(49,50)51)38(33(5)34(6)39(36)53-43)52-41(48)45-26-25-44(10,40(47)54-45)42(45,7)8/h30-32,35H,12-29H2,1-11H3/t31-,32-,35+,43+,44+,45-,46?/m1/s1. The van der Waals surface area contributed by atoms with Gasteiger partial charge in [0.15, 0.2) is 0 Å². The van der Waals surface area contributed by atoms with Crippen LogP contribution >= 0.6 is 0 Å². The minimum Gasteiger partial charge on any atom is -0.748 e. The van der Waals surface area contributed by atoms with Gasteiger partial charge >= 0.3 is 11.9 Å². The zero-order valence-corrected chi connectivity index (χ0v) is 37.0. The molecular weight excluding hydrogens is 715 g/mol. The fourth-order valence-electron chi connectivity index (χ4n) is 10.6. The van der Waals surface area contributed by atoms with Crippen LogP contribution in [0, 0.1) is 42.4 Å². The number of ether oxygens (including phenoxy) is 3. The molecule has 5 rings (SSSR count). The van der Waals surface area contributed by atoms with Crippen LogP contribution in [-0.2, 0) is 37.4 Å². The van der Waals surface area contributed by atoms with Crippen molar-refractivity contribution in [3.8, 4) is 11.5 Å². The van der Waals surface area contributed by atoms with Gasteiger partial charge in [0.2, 0.25) is 5.60 Å². The molecule has 3 aliphatic heterocycles. The minimum absolute atomic E-state index is 0.342. The third-order valence-corrected chi connectivity index (χ3v) is 16.1. The molecule has 9 nitrogen and oxygen atoms in total. The van der Waals surface area contributed by atoms with E-state index in [4.69, 9.17) is 14.2 Å². The Kier molecular flexibility index (Phi) is 13.0. The number of fused-ring (bicyclic) bond motifs is 3. The van der Waals surface area contributed by atoms with Crippen molar-refractivity contribution in [2.75, 3.05) is 19.3 Å². The van der Waals surface area contributed by atoms with Gasteiger partial charge in [0, 0.05) is 23.8 Å². The lowest BCUT2D eigenvalue weighted by molar-refractivity contribution is -0.931. The number of hydrogen-bond acceptors (Lipinski definition) is 8. The Hall–Kier alpha value is -2.17. The van der Waals surface area contributed by atoms with Crippen molar-refractivity contribution in [3.05, 3.63) is 22.3 Å². The summed E-state index contributed by atoms with van der Waals surface area (Å²) in [5.74, 6) is 2.19. The Morgan fingerprint density at radius 2 is 1.53 bits per heavy atom. The molecule has 0 N–H and O–H groups in total. The smallest absolute Gasteiger partial charge is 0.356 e. The van der Waals surface area contributed by atoms with Gasteiger partial charge < -0.3 is 23.2 Å². The van der Waals surface area contributed by atoms with Crippen molar-refractivity contribution in [3.63, 3.8) is 0 Å². The molecule has 4 aliphatic rings. The van der Waals surface area contributed by atoms with Gasteiger partial charge in [-0.05, 0) is 95.1 Å². The number of esters is 2. The molecule has 1 aliphatic carbocycles. The van der Waals surface area contributed by atoms with E-state index in [0.717, 1.165) is 71.9 Å². The summed E-state index contributed by atoms with van der Waals surface area (Å²) in [4.78, 5) is 27.5. The summed E-state index contributed by atoms with van der Waals surface area (Å²) in [5, 5.41) is 0. The zero-order valence-electron chi connectivity index (χ0n) is 36.2. The molecule has 2 bridgehead atoms. The Morgan fingerprint density at radius 1 is 0.909 bits per heavy atom. The average Bonchev–Trinajstić information content (AvgIpc) is 3.58. The maximum absolute atomic E-state index is 14.4. The molecule has 0 radical (unpaired) electrons. The SMILES string of the molecule is Cc1c(C)c2c(c(C[N+]3(C)CCC[C@H]3CS(=O)(=O)[O-])c1OC(=O)[C@@]13CC[C@@](C)(C(=O)O1)C3(C)C)CC[C@](C)(CCC[C@H](C)CCC[C@H](C)CCCC(C)C)O2. The highest BCUT2D eigenvalue weighted by Gasteiger charge is 2.76. The van der Waals surface area contributed by atoms with Crippen molar-refractivity contribution < 1.29 is 41.3 Å². The second-order valence-corrected chi connectivity index (χ2v) is 21.7. The number of carbonyl (C=O) groups is 2. The largest absolute Gasteiger partial charge is 0.748 e. The van der Waals surface area contributed by atoms with E-state index in [-0.39, 0.29) is 17.6 Å². The molecule has 0 amide bonds. The van der Waals surface area contributed by atoms with E-state index in [1.54, 1.807) is 0 Å². The second kappa shape index (κ2) is 16.2. The van der Waals surface area contributed by atoms with Gasteiger partial charge in [0.1, 0.15) is 39.8 Å². The van der Waals surface area contributed by atoms with Crippen molar-refractivity contribution in [2.24, 2.45) is 28.6 Å². The Morgan fingerprint density at radius 3 is 2.09 bits per heavy atom. The van der Waals surface area contributed by atoms with Gasteiger partial charge in [0.05, 0.1) is 30.3 Å². The van der Waals surface area contributed by atoms with Crippen molar-refractivity contribution in [1.29, 1.82) is 0 Å². The van der Waals surface area contributed by atoms with Crippen LogP contribution in [0.2, 0.25) is 0 Å². The molecule has 7 atom stereocenters. The van der Waals surface area contributed by atoms with Crippen LogP contribution in [0.1, 0.15) is 168 Å². The van der Waals surface area contributed by atoms with E-state index in [1.165, 1.54) is 44.9 Å². The highest BCUT2D eigenvalue weighted by Crippen LogP contribution is 2.66. The molecule has 55 heavy (non-hydrogen) atoms. The van der Waals surface area contributed by atoms with E-state index in [2.05, 4.69) is 34.6 Å².